The first kappa shape index (κ1) is 17.1. The maximum atomic E-state index is 12.1. The van der Waals surface area contributed by atoms with Crippen LogP contribution < -0.4 is 15.4 Å². The number of nitrogens with one attached hydrogen (secondary N) is 3. The fourth-order valence-corrected chi connectivity index (χ4v) is 3.53. The van der Waals surface area contributed by atoms with Gasteiger partial charge >= 0.3 is 0 Å². The van der Waals surface area contributed by atoms with Crippen molar-refractivity contribution in [2.75, 3.05) is 17.7 Å². The summed E-state index contributed by atoms with van der Waals surface area (Å²) in [6, 6.07) is 9.31. The molecule has 3 N–H and O–H groups in total. The molecule has 2 aromatic carbocycles. The zero-order chi connectivity index (χ0) is 19.1. The Morgan fingerprint density at radius 2 is 2.11 bits per heavy atom. The van der Waals surface area contributed by atoms with E-state index in [0.29, 0.717) is 17.3 Å². The van der Waals surface area contributed by atoms with Gasteiger partial charge in [-0.1, -0.05) is 6.92 Å². The van der Waals surface area contributed by atoms with Crippen LogP contribution in [0.4, 0.5) is 11.4 Å². The highest BCUT2D eigenvalue weighted by molar-refractivity contribution is 6.05. The van der Waals surface area contributed by atoms with Gasteiger partial charge in [-0.15, -0.1) is 0 Å². The quantitative estimate of drug-likeness (QED) is 0.658. The molecule has 0 bridgehead atoms. The average Bonchev–Trinajstić information content (AvgIpc) is 3.17. The highest BCUT2D eigenvalue weighted by Crippen LogP contribution is 2.38. The number of benzene rings is 2. The summed E-state index contributed by atoms with van der Waals surface area (Å²) in [5.41, 5.74) is 4.91. The molecule has 2 amide bonds. The Labute approximate surface area is 156 Å². The number of ether oxygens (including phenoxy) is 1. The van der Waals surface area contributed by atoms with Crippen molar-refractivity contribution in [3.05, 3.63) is 35.9 Å². The largest absolute Gasteiger partial charge is 0.496 e. The molecule has 1 aliphatic heterocycles. The molecule has 7 heteroatoms. The van der Waals surface area contributed by atoms with Crippen LogP contribution in [0, 0.1) is 0 Å². The van der Waals surface area contributed by atoms with Crippen molar-refractivity contribution < 1.29 is 14.3 Å². The van der Waals surface area contributed by atoms with Crippen LogP contribution in [0.1, 0.15) is 31.7 Å². The van der Waals surface area contributed by atoms with Crippen molar-refractivity contribution in [3.63, 3.8) is 0 Å². The number of hydrogen-bond donors (Lipinski definition) is 3. The van der Waals surface area contributed by atoms with Crippen LogP contribution in [0.15, 0.2) is 30.3 Å². The molecule has 0 spiro atoms. The molecule has 0 saturated carbocycles. The summed E-state index contributed by atoms with van der Waals surface area (Å²) in [7, 11) is 1.58. The standard InChI is InChI=1S/C20H20N4O3/c1-4-12-14-8-16-17(9-15(14)24-20(12)26)23-19(22-16)13-6-5-11(21-10(2)25)7-18(13)27-3/h5-9,12H,4H2,1-3H3,(H,21,25)(H,22,23)(H,24,26). The molecule has 1 aliphatic rings. The molecule has 1 aromatic heterocycles. The minimum Gasteiger partial charge on any atom is -0.496 e. The summed E-state index contributed by atoms with van der Waals surface area (Å²) in [6.07, 6.45) is 0.750. The zero-order valence-corrected chi connectivity index (χ0v) is 15.3. The third-order valence-electron chi connectivity index (χ3n) is 4.79. The first-order chi connectivity index (χ1) is 13.0. The highest BCUT2D eigenvalue weighted by Gasteiger charge is 2.29. The summed E-state index contributed by atoms with van der Waals surface area (Å²) in [4.78, 5) is 31.3. The van der Waals surface area contributed by atoms with Crippen molar-refractivity contribution in [2.45, 2.75) is 26.2 Å². The van der Waals surface area contributed by atoms with Crippen LogP contribution in [-0.4, -0.2) is 28.9 Å². The van der Waals surface area contributed by atoms with Crippen LogP contribution in [0.3, 0.4) is 0 Å². The average molecular weight is 364 g/mol. The third kappa shape index (κ3) is 2.91. The molecule has 3 aromatic rings. The minimum atomic E-state index is -0.143. The van der Waals surface area contributed by atoms with E-state index in [9.17, 15) is 9.59 Å². The Bertz CT molecular complexity index is 1070. The normalized spacial score (nSPS) is 15.5. The van der Waals surface area contributed by atoms with E-state index in [-0.39, 0.29) is 17.7 Å². The van der Waals surface area contributed by atoms with Crippen molar-refractivity contribution in [2.24, 2.45) is 0 Å². The van der Waals surface area contributed by atoms with Gasteiger partial charge in [0.25, 0.3) is 0 Å². The Balaban J connectivity index is 1.77. The second-order valence-corrected chi connectivity index (χ2v) is 6.59. The number of methoxy groups -OCH3 is 1. The number of rotatable bonds is 4. The number of carbonyl (C=O) groups is 2. The van der Waals surface area contributed by atoms with E-state index in [1.807, 2.05) is 25.1 Å². The Hall–Kier alpha value is -3.35. The van der Waals surface area contributed by atoms with E-state index in [0.717, 1.165) is 34.3 Å². The maximum absolute atomic E-state index is 12.1. The monoisotopic (exact) mass is 364 g/mol. The van der Waals surface area contributed by atoms with Crippen molar-refractivity contribution in [1.82, 2.24) is 9.97 Å². The Morgan fingerprint density at radius 3 is 2.81 bits per heavy atom. The van der Waals surface area contributed by atoms with Gasteiger partial charge in [0.05, 0.1) is 29.6 Å². The molecule has 0 radical (unpaired) electrons. The van der Waals surface area contributed by atoms with Gasteiger partial charge < -0.3 is 20.4 Å². The lowest BCUT2D eigenvalue weighted by atomic mass is 9.98. The van der Waals surface area contributed by atoms with Crippen LogP contribution >= 0.6 is 0 Å². The molecule has 2 heterocycles. The summed E-state index contributed by atoms with van der Waals surface area (Å²) in [6.45, 7) is 3.46. The lowest BCUT2D eigenvalue weighted by Gasteiger charge is -2.09. The van der Waals surface area contributed by atoms with Crippen LogP contribution in [0.2, 0.25) is 0 Å². The third-order valence-corrected chi connectivity index (χ3v) is 4.79. The van der Waals surface area contributed by atoms with E-state index in [1.165, 1.54) is 6.92 Å². The summed E-state index contributed by atoms with van der Waals surface area (Å²) < 4.78 is 5.48. The summed E-state index contributed by atoms with van der Waals surface area (Å²) in [5, 5.41) is 5.68. The zero-order valence-electron chi connectivity index (χ0n) is 15.3. The molecule has 1 unspecified atom stereocenters. The molecular weight excluding hydrogens is 344 g/mol. The number of hydrogen-bond acceptors (Lipinski definition) is 4. The predicted octanol–water partition coefficient (Wildman–Crippen LogP) is 3.64. The number of aromatic amines is 1. The van der Waals surface area contributed by atoms with Gasteiger partial charge in [-0.3, -0.25) is 9.59 Å². The molecule has 0 fully saturated rings. The molecule has 27 heavy (non-hydrogen) atoms. The van der Waals surface area contributed by atoms with E-state index in [2.05, 4.69) is 15.6 Å². The SMILES string of the molecule is CCC1C(=O)Nc2cc3[nH]c(-c4ccc(NC(C)=O)cc4OC)nc3cc21. The van der Waals surface area contributed by atoms with Gasteiger partial charge in [-0.05, 0) is 36.2 Å². The van der Waals surface area contributed by atoms with E-state index >= 15 is 0 Å². The molecule has 7 nitrogen and oxygen atoms in total. The fourth-order valence-electron chi connectivity index (χ4n) is 3.53. The fraction of sp³-hybridized carbons (Fsp3) is 0.250. The second-order valence-electron chi connectivity index (χ2n) is 6.59. The second kappa shape index (κ2) is 6.42. The summed E-state index contributed by atoms with van der Waals surface area (Å²) in [5.74, 6) is 1.04. The first-order valence-corrected chi connectivity index (χ1v) is 8.80. The number of amides is 2. The van der Waals surface area contributed by atoms with E-state index in [4.69, 9.17) is 9.72 Å². The maximum Gasteiger partial charge on any atom is 0.231 e. The lowest BCUT2D eigenvalue weighted by Crippen LogP contribution is -2.10. The van der Waals surface area contributed by atoms with E-state index < -0.39 is 0 Å². The molecule has 0 aliphatic carbocycles. The number of H-pyrrole nitrogens is 1. The van der Waals surface area contributed by atoms with Gasteiger partial charge in [-0.25, -0.2) is 4.98 Å². The summed E-state index contributed by atoms with van der Waals surface area (Å²) >= 11 is 0. The van der Waals surface area contributed by atoms with Crippen molar-refractivity contribution >= 4 is 34.2 Å². The van der Waals surface area contributed by atoms with Gasteiger partial charge in [0, 0.05) is 24.4 Å². The number of imidazole rings is 1. The van der Waals surface area contributed by atoms with Crippen molar-refractivity contribution in [1.29, 1.82) is 0 Å². The highest BCUT2D eigenvalue weighted by atomic mass is 16.5. The minimum absolute atomic E-state index is 0.0376. The lowest BCUT2D eigenvalue weighted by molar-refractivity contribution is -0.117. The number of aromatic nitrogens is 2. The van der Waals surface area contributed by atoms with Gasteiger partial charge in [-0.2, -0.15) is 0 Å². The molecule has 1 atom stereocenters. The van der Waals surface area contributed by atoms with Crippen molar-refractivity contribution in [3.8, 4) is 17.1 Å². The smallest absolute Gasteiger partial charge is 0.231 e. The van der Waals surface area contributed by atoms with E-state index in [1.54, 1.807) is 19.2 Å². The van der Waals surface area contributed by atoms with Crippen LogP contribution in [-0.2, 0) is 9.59 Å². The van der Waals surface area contributed by atoms with Gasteiger partial charge in [0.1, 0.15) is 11.6 Å². The Morgan fingerprint density at radius 1 is 1.30 bits per heavy atom. The van der Waals surface area contributed by atoms with Crippen LogP contribution in [0.25, 0.3) is 22.4 Å². The van der Waals surface area contributed by atoms with Crippen LogP contribution in [0.5, 0.6) is 5.75 Å². The molecular formula is C20H20N4O3. The topological polar surface area (TPSA) is 96.1 Å². The molecule has 0 saturated heterocycles. The molecule has 4 rings (SSSR count). The van der Waals surface area contributed by atoms with Gasteiger partial charge in [0.2, 0.25) is 11.8 Å². The first-order valence-electron chi connectivity index (χ1n) is 8.80. The number of anilines is 2. The number of fused-ring (bicyclic) bond motifs is 2. The Kier molecular flexibility index (Phi) is 4.07. The number of nitrogens with zero attached hydrogens (tertiary/aromatic N) is 1. The number of carbonyl (C=O) groups excluding carboxylic acids is 2. The predicted molar refractivity (Wildman–Crippen MR) is 104 cm³/mol. The van der Waals surface area contributed by atoms with Gasteiger partial charge in [0.15, 0.2) is 0 Å². The molecule has 138 valence electrons.